The topological polar surface area (TPSA) is 237 Å². The zero-order valence-electron chi connectivity index (χ0n) is 55.2. The minimum atomic E-state index is -4.95. The summed E-state index contributed by atoms with van der Waals surface area (Å²) in [6, 6.07) is 0. The van der Waals surface area contributed by atoms with E-state index in [4.69, 9.17) is 37.0 Å². The van der Waals surface area contributed by atoms with Gasteiger partial charge in [-0.1, -0.05) is 267 Å². The molecule has 0 rings (SSSR count). The van der Waals surface area contributed by atoms with Crippen LogP contribution in [0.5, 0.6) is 0 Å². The molecule has 0 heterocycles. The number of ether oxygens (including phenoxy) is 4. The van der Waals surface area contributed by atoms with Gasteiger partial charge in [0, 0.05) is 25.7 Å². The van der Waals surface area contributed by atoms with Crippen LogP contribution in [0.2, 0.25) is 0 Å². The molecule has 0 aromatic heterocycles. The van der Waals surface area contributed by atoms with E-state index in [1.165, 1.54) is 116 Å². The molecule has 19 heteroatoms. The van der Waals surface area contributed by atoms with Crippen molar-refractivity contribution in [3.8, 4) is 0 Å². The minimum absolute atomic E-state index is 0.101. The smallest absolute Gasteiger partial charge is 0.462 e. The number of phosphoric ester groups is 2. The van der Waals surface area contributed by atoms with E-state index in [1.807, 2.05) is 0 Å². The number of esters is 4. The number of hydrogen-bond donors (Lipinski definition) is 3. The summed E-state index contributed by atoms with van der Waals surface area (Å²) in [7, 11) is -9.89. The molecule has 17 nitrogen and oxygen atoms in total. The Hall–Kier alpha value is -1.94. The Morgan fingerprint density at radius 2 is 0.565 bits per heavy atom. The van der Waals surface area contributed by atoms with E-state index in [2.05, 4.69) is 55.4 Å². The quantitative estimate of drug-likeness (QED) is 0.0222. The summed E-state index contributed by atoms with van der Waals surface area (Å²) in [4.78, 5) is 72.3. The Balaban J connectivity index is 5.25. The molecule has 3 N–H and O–H groups in total. The van der Waals surface area contributed by atoms with Crippen LogP contribution < -0.4 is 0 Å². The van der Waals surface area contributed by atoms with Gasteiger partial charge in [-0.05, 0) is 49.4 Å². The number of rotatable bonds is 63. The maximum atomic E-state index is 13.0. The number of hydrogen-bond acceptors (Lipinski definition) is 15. The van der Waals surface area contributed by atoms with Crippen molar-refractivity contribution in [3.63, 3.8) is 0 Å². The number of phosphoric acid groups is 2. The predicted octanol–water partition coefficient (Wildman–Crippen LogP) is 18.1. The Kier molecular flexibility index (Phi) is 54.8. The average Bonchev–Trinajstić information content (AvgIpc) is 3.57. The fourth-order valence-corrected chi connectivity index (χ4v) is 11.3. The van der Waals surface area contributed by atoms with Crippen LogP contribution in [-0.4, -0.2) is 96.7 Å². The Bertz CT molecular complexity index is 1700. The van der Waals surface area contributed by atoms with Crippen molar-refractivity contribution in [1.82, 2.24) is 0 Å². The predicted molar refractivity (Wildman–Crippen MR) is 340 cm³/mol. The van der Waals surface area contributed by atoms with Gasteiger partial charge >= 0.3 is 39.5 Å². The summed E-state index contributed by atoms with van der Waals surface area (Å²) >= 11 is 0. The van der Waals surface area contributed by atoms with E-state index >= 15 is 0 Å². The molecule has 504 valence electrons. The number of aliphatic hydroxyl groups is 1. The molecule has 0 aliphatic carbocycles. The lowest BCUT2D eigenvalue weighted by Gasteiger charge is -2.21. The lowest BCUT2D eigenvalue weighted by atomic mass is 9.99. The second-order valence-corrected chi connectivity index (χ2v) is 28.2. The maximum Gasteiger partial charge on any atom is 0.472 e. The van der Waals surface area contributed by atoms with Gasteiger partial charge < -0.3 is 33.8 Å². The van der Waals surface area contributed by atoms with Crippen molar-refractivity contribution < 1.29 is 80.2 Å². The molecule has 0 spiro atoms. The standard InChI is InChI=1S/C66H128O17P2/c1-9-58(7)44-36-28-19-15-11-12-16-20-30-38-46-63(68)76-52-61(82-65(70)48-40-32-21-17-13-14-18-26-34-42-56(3)4)54-80-84(72,73)78-50-60(67)51-79-85(74,75)81-55-62(83-66(71)49-41-33-24-22-27-35-43-57(5)6)53-77-64(69)47-39-31-25-23-29-37-45-59(8)10-2/h56-62,67H,9-55H2,1-8H3,(H,72,73)(H,74,75)/t58?,59?,60-,61-,62-/m1/s1. The first-order valence-electron chi connectivity index (χ1n) is 34.3. The van der Waals surface area contributed by atoms with E-state index in [1.54, 1.807) is 0 Å². The Labute approximate surface area is 517 Å². The van der Waals surface area contributed by atoms with Crippen LogP contribution in [0, 0.1) is 23.7 Å². The molecule has 7 atom stereocenters. The lowest BCUT2D eigenvalue weighted by Crippen LogP contribution is -2.30. The van der Waals surface area contributed by atoms with Gasteiger partial charge in [0.25, 0.3) is 0 Å². The first-order valence-corrected chi connectivity index (χ1v) is 37.3. The molecule has 0 bridgehead atoms. The molecular formula is C66H128O17P2. The van der Waals surface area contributed by atoms with Gasteiger partial charge in [-0.25, -0.2) is 9.13 Å². The summed E-state index contributed by atoms with van der Waals surface area (Å²) in [5.74, 6) is 0.806. The first-order chi connectivity index (χ1) is 40.7. The Morgan fingerprint density at radius 1 is 0.329 bits per heavy atom. The maximum absolute atomic E-state index is 13.0. The summed E-state index contributed by atoms with van der Waals surface area (Å²) < 4.78 is 68.1. The van der Waals surface area contributed by atoms with Crippen LogP contribution in [0.15, 0.2) is 0 Å². The summed E-state index contributed by atoms with van der Waals surface area (Å²) in [6.45, 7) is 14.0. The fraction of sp³-hybridized carbons (Fsp3) is 0.939. The highest BCUT2D eigenvalue weighted by molar-refractivity contribution is 7.47. The second kappa shape index (κ2) is 56.1. The molecule has 85 heavy (non-hydrogen) atoms. The zero-order valence-corrected chi connectivity index (χ0v) is 57.0. The lowest BCUT2D eigenvalue weighted by molar-refractivity contribution is -0.161. The van der Waals surface area contributed by atoms with Crippen LogP contribution in [0.3, 0.4) is 0 Å². The number of unbranched alkanes of at least 4 members (excludes halogenated alkanes) is 27. The molecule has 0 aromatic carbocycles. The molecule has 4 unspecified atom stereocenters. The summed E-state index contributed by atoms with van der Waals surface area (Å²) in [5.41, 5.74) is 0. The molecule has 0 aromatic rings. The highest BCUT2D eigenvalue weighted by atomic mass is 31.2. The number of carbonyl (C=O) groups is 4. The summed E-state index contributed by atoms with van der Waals surface area (Å²) in [6.07, 6.45) is 36.3. The van der Waals surface area contributed by atoms with Crippen molar-refractivity contribution in [2.75, 3.05) is 39.6 Å². The van der Waals surface area contributed by atoms with Gasteiger partial charge in [0.2, 0.25) is 0 Å². The Morgan fingerprint density at radius 3 is 0.835 bits per heavy atom. The van der Waals surface area contributed by atoms with Crippen LogP contribution in [-0.2, 0) is 65.4 Å². The third kappa shape index (κ3) is 58.2. The normalized spacial score (nSPS) is 15.0. The molecule has 0 saturated heterocycles. The van der Waals surface area contributed by atoms with Crippen molar-refractivity contribution in [2.24, 2.45) is 23.7 Å². The SMILES string of the molecule is CCC(C)CCCCCCCCCCCCC(=O)OC[C@H](COP(=O)(O)OC[C@@H](O)COP(=O)(O)OC[C@@H](COC(=O)CCCCCCCCC(C)CC)OC(=O)CCCCCCCCC(C)C)OC(=O)CCCCCCCCCCCC(C)C. The molecule has 0 fully saturated rings. The van der Waals surface area contributed by atoms with Gasteiger partial charge in [-0.2, -0.15) is 0 Å². The zero-order chi connectivity index (χ0) is 63.2. The van der Waals surface area contributed by atoms with E-state index in [0.717, 1.165) is 114 Å². The second-order valence-electron chi connectivity index (χ2n) is 25.3. The van der Waals surface area contributed by atoms with Gasteiger partial charge in [0.05, 0.1) is 26.4 Å². The van der Waals surface area contributed by atoms with Gasteiger partial charge in [-0.3, -0.25) is 37.3 Å². The molecule has 0 radical (unpaired) electrons. The monoisotopic (exact) mass is 1250 g/mol. The molecule has 0 amide bonds. The van der Waals surface area contributed by atoms with Crippen molar-refractivity contribution in [3.05, 3.63) is 0 Å². The molecule has 0 saturated carbocycles. The van der Waals surface area contributed by atoms with Crippen molar-refractivity contribution in [1.29, 1.82) is 0 Å². The van der Waals surface area contributed by atoms with E-state index in [-0.39, 0.29) is 25.7 Å². The molecular weight excluding hydrogens is 1130 g/mol. The largest absolute Gasteiger partial charge is 0.472 e. The van der Waals surface area contributed by atoms with E-state index in [9.17, 15) is 43.2 Å². The number of aliphatic hydroxyl groups excluding tert-OH is 1. The van der Waals surface area contributed by atoms with Crippen LogP contribution in [0.25, 0.3) is 0 Å². The van der Waals surface area contributed by atoms with E-state index < -0.39 is 97.5 Å². The van der Waals surface area contributed by atoms with Crippen LogP contribution in [0.4, 0.5) is 0 Å². The highest BCUT2D eigenvalue weighted by Gasteiger charge is 2.30. The fourth-order valence-electron chi connectivity index (χ4n) is 9.72. The first kappa shape index (κ1) is 83.1. The van der Waals surface area contributed by atoms with Crippen LogP contribution >= 0.6 is 15.6 Å². The third-order valence-electron chi connectivity index (χ3n) is 15.8. The minimum Gasteiger partial charge on any atom is -0.462 e. The third-order valence-corrected chi connectivity index (χ3v) is 17.7. The van der Waals surface area contributed by atoms with Crippen LogP contribution in [0.1, 0.15) is 319 Å². The van der Waals surface area contributed by atoms with Crippen molar-refractivity contribution in [2.45, 2.75) is 337 Å². The van der Waals surface area contributed by atoms with Gasteiger partial charge in [0.15, 0.2) is 12.2 Å². The van der Waals surface area contributed by atoms with Gasteiger partial charge in [-0.15, -0.1) is 0 Å². The number of carbonyl (C=O) groups excluding carboxylic acids is 4. The molecule has 0 aliphatic rings. The average molecular weight is 1260 g/mol. The molecule has 0 aliphatic heterocycles. The summed E-state index contributed by atoms with van der Waals surface area (Å²) in [5, 5.41) is 10.5. The van der Waals surface area contributed by atoms with E-state index in [0.29, 0.717) is 31.6 Å². The van der Waals surface area contributed by atoms with Crippen molar-refractivity contribution >= 4 is 39.5 Å². The highest BCUT2D eigenvalue weighted by Crippen LogP contribution is 2.45. The van der Waals surface area contributed by atoms with Gasteiger partial charge in [0.1, 0.15) is 19.3 Å².